The van der Waals surface area contributed by atoms with Crippen LogP contribution in [0.2, 0.25) is 0 Å². The second-order valence-electron chi connectivity index (χ2n) is 6.06. The summed E-state index contributed by atoms with van der Waals surface area (Å²) >= 11 is 0. The number of anilines is 1. The van der Waals surface area contributed by atoms with E-state index in [0.29, 0.717) is 6.54 Å². The Balaban J connectivity index is 2.08. The van der Waals surface area contributed by atoms with Gasteiger partial charge in [0.1, 0.15) is 5.60 Å². The third-order valence-electron chi connectivity index (χ3n) is 2.71. The Labute approximate surface area is 127 Å². The number of nitrogens with one attached hydrogen (secondary N) is 2. The van der Waals surface area contributed by atoms with Crippen LogP contribution in [-0.4, -0.2) is 43.4 Å². The van der Waals surface area contributed by atoms with Crippen LogP contribution >= 0.6 is 0 Å². The Morgan fingerprint density at radius 3 is 2.52 bits per heavy atom. The van der Waals surface area contributed by atoms with Gasteiger partial charge < -0.3 is 15.4 Å². The van der Waals surface area contributed by atoms with Crippen molar-refractivity contribution < 1.29 is 9.53 Å². The van der Waals surface area contributed by atoms with Crippen LogP contribution in [0.25, 0.3) is 0 Å². The van der Waals surface area contributed by atoms with Crippen molar-refractivity contribution in [3.63, 3.8) is 0 Å². The summed E-state index contributed by atoms with van der Waals surface area (Å²) in [7, 11) is 2.05. The molecule has 0 saturated carbocycles. The molecule has 5 heteroatoms. The van der Waals surface area contributed by atoms with Gasteiger partial charge >= 0.3 is 6.09 Å². The predicted molar refractivity (Wildman–Crippen MR) is 86.4 cm³/mol. The quantitative estimate of drug-likeness (QED) is 0.599. The van der Waals surface area contributed by atoms with Crippen LogP contribution in [0.3, 0.4) is 0 Å². The first-order chi connectivity index (χ1) is 9.87. The van der Waals surface area contributed by atoms with Crippen molar-refractivity contribution >= 4 is 11.8 Å². The molecule has 2 N–H and O–H groups in total. The zero-order valence-corrected chi connectivity index (χ0v) is 13.5. The lowest BCUT2D eigenvalue weighted by molar-refractivity contribution is 0.0526. The minimum absolute atomic E-state index is 0.354. The Morgan fingerprint density at radius 2 is 1.90 bits per heavy atom. The van der Waals surface area contributed by atoms with Crippen molar-refractivity contribution in [3.8, 4) is 0 Å². The van der Waals surface area contributed by atoms with E-state index in [1.54, 1.807) is 0 Å². The second-order valence-corrected chi connectivity index (χ2v) is 6.06. The van der Waals surface area contributed by atoms with Crippen LogP contribution in [-0.2, 0) is 4.74 Å². The SMILES string of the molecule is CN(CCCNC(=O)OC(C)(C)C)CNc1ccccc1. The Kier molecular flexibility index (Phi) is 7.02. The lowest BCUT2D eigenvalue weighted by Crippen LogP contribution is -2.34. The monoisotopic (exact) mass is 293 g/mol. The zero-order chi connectivity index (χ0) is 15.7. The summed E-state index contributed by atoms with van der Waals surface area (Å²) in [5.41, 5.74) is 0.664. The predicted octanol–water partition coefficient (Wildman–Crippen LogP) is 2.90. The fraction of sp³-hybridized carbons (Fsp3) is 0.562. The topological polar surface area (TPSA) is 53.6 Å². The average molecular weight is 293 g/mol. The number of nitrogens with zero attached hydrogens (tertiary/aromatic N) is 1. The maximum absolute atomic E-state index is 11.5. The number of benzene rings is 1. The fourth-order valence-corrected chi connectivity index (χ4v) is 1.71. The molecule has 0 bridgehead atoms. The van der Waals surface area contributed by atoms with Crippen LogP contribution in [0, 0.1) is 0 Å². The molecule has 21 heavy (non-hydrogen) atoms. The van der Waals surface area contributed by atoms with Gasteiger partial charge in [-0.2, -0.15) is 0 Å². The lowest BCUT2D eigenvalue weighted by atomic mass is 10.2. The molecule has 5 nitrogen and oxygen atoms in total. The molecule has 0 heterocycles. The molecule has 1 rings (SSSR count). The molecule has 0 aliphatic rings. The van der Waals surface area contributed by atoms with Crippen molar-refractivity contribution in [3.05, 3.63) is 30.3 Å². The van der Waals surface area contributed by atoms with E-state index in [4.69, 9.17) is 4.74 Å². The van der Waals surface area contributed by atoms with E-state index >= 15 is 0 Å². The van der Waals surface area contributed by atoms with Crippen LogP contribution in [0.4, 0.5) is 10.5 Å². The van der Waals surface area contributed by atoms with E-state index in [1.807, 2.05) is 58.2 Å². The Hall–Kier alpha value is -1.75. The van der Waals surface area contributed by atoms with Crippen molar-refractivity contribution in [1.29, 1.82) is 0 Å². The van der Waals surface area contributed by atoms with Crippen LogP contribution in [0.15, 0.2) is 30.3 Å². The summed E-state index contributed by atoms with van der Waals surface area (Å²) in [5, 5.41) is 6.10. The van der Waals surface area contributed by atoms with Crippen molar-refractivity contribution in [1.82, 2.24) is 10.2 Å². The number of para-hydroxylation sites is 1. The molecule has 0 fully saturated rings. The van der Waals surface area contributed by atoms with E-state index < -0.39 is 5.60 Å². The summed E-state index contributed by atoms with van der Waals surface area (Å²) in [6.07, 6.45) is 0.527. The van der Waals surface area contributed by atoms with Crippen LogP contribution < -0.4 is 10.6 Å². The maximum atomic E-state index is 11.5. The van der Waals surface area contributed by atoms with Crippen molar-refractivity contribution in [2.75, 3.05) is 32.1 Å². The highest BCUT2D eigenvalue weighted by Crippen LogP contribution is 2.06. The fourth-order valence-electron chi connectivity index (χ4n) is 1.71. The van der Waals surface area contributed by atoms with Gasteiger partial charge in [-0.05, 0) is 46.4 Å². The van der Waals surface area contributed by atoms with E-state index in [-0.39, 0.29) is 6.09 Å². The van der Waals surface area contributed by atoms with E-state index in [1.165, 1.54) is 0 Å². The standard InChI is InChI=1S/C16H27N3O2/c1-16(2,3)21-15(20)17-11-8-12-19(4)13-18-14-9-6-5-7-10-14/h5-7,9-10,18H,8,11-13H2,1-4H3,(H,17,20). The minimum Gasteiger partial charge on any atom is -0.444 e. The number of alkyl carbamates (subject to hydrolysis) is 1. The molecule has 1 aromatic rings. The normalized spacial score (nSPS) is 11.3. The highest BCUT2D eigenvalue weighted by Gasteiger charge is 2.15. The smallest absolute Gasteiger partial charge is 0.407 e. The number of carbonyl (C=O) groups excluding carboxylic acids is 1. The molecule has 0 aromatic heterocycles. The molecule has 0 atom stereocenters. The van der Waals surface area contributed by atoms with Gasteiger partial charge in [0.05, 0.1) is 6.67 Å². The molecule has 1 aromatic carbocycles. The third-order valence-corrected chi connectivity index (χ3v) is 2.71. The Morgan fingerprint density at radius 1 is 1.24 bits per heavy atom. The summed E-state index contributed by atoms with van der Waals surface area (Å²) in [4.78, 5) is 13.6. The molecule has 0 spiro atoms. The number of carbonyl (C=O) groups is 1. The molecular formula is C16H27N3O2. The largest absolute Gasteiger partial charge is 0.444 e. The average Bonchev–Trinajstić information content (AvgIpc) is 2.40. The van der Waals surface area contributed by atoms with E-state index in [9.17, 15) is 4.79 Å². The first-order valence-electron chi connectivity index (χ1n) is 7.31. The summed E-state index contributed by atoms with van der Waals surface area (Å²) in [5.74, 6) is 0. The number of hydrogen-bond acceptors (Lipinski definition) is 4. The van der Waals surface area contributed by atoms with Crippen LogP contribution in [0.5, 0.6) is 0 Å². The molecule has 0 aliphatic carbocycles. The van der Waals surface area contributed by atoms with Gasteiger partial charge in [-0.3, -0.25) is 4.90 Å². The molecule has 118 valence electrons. The van der Waals surface area contributed by atoms with Gasteiger partial charge in [-0.1, -0.05) is 18.2 Å². The zero-order valence-electron chi connectivity index (χ0n) is 13.5. The number of amides is 1. The highest BCUT2D eigenvalue weighted by atomic mass is 16.6. The molecular weight excluding hydrogens is 266 g/mol. The van der Waals surface area contributed by atoms with Gasteiger partial charge in [0, 0.05) is 18.8 Å². The van der Waals surface area contributed by atoms with E-state index in [0.717, 1.165) is 25.3 Å². The molecule has 0 unspecified atom stereocenters. The van der Waals surface area contributed by atoms with Gasteiger partial charge in [-0.15, -0.1) is 0 Å². The molecule has 0 saturated heterocycles. The molecule has 1 amide bonds. The van der Waals surface area contributed by atoms with E-state index in [2.05, 4.69) is 15.5 Å². The first-order valence-corrected chi connectivity index (χ1v) is 7.31. The Bertz CT molecular complexity index is 415. The summed E-state index contributed by atoms with van der Waals surface area (Å²) in [6, 6.07) is 10.1. The van der Waals surface area contributed by atoms with Crippen molar-refractivity contribution in [2.45, 2.75) is 32.8 Å². The third kappa shape index (κ3) is 8.92. The maximum Gasteiger partial charge on any atom is 0.407 e. The number of rotatable bonds is 7. The van der Waals surface area contributed by atoms with Gasteiger partial charge in [0.2, 0.25) is 0 Å². The summed E-state index contributed by atoms with van der Waals surface area (Å²) in [6.45, 7) is 7.86. The molecule has 0 radical (unpaired) electrons. The van der Waals surface area contributed by atoms with Crippen molar-refractivity contribution in [2.24, 2.45) is 0 Å². The minimum atomic E-state index is -0.444. The van der Waals surface area contributed by atoms with Gasteiger partial charge in [0.15, 0.2) is 0 Å². The van der Waals surface area contributed by atoms with Gasteiger partial charge in [0.25, 0.3) is 0 Å². The van der Waals surface area contributed by atoms with Gasteiger partial charge in [-0.25, -0.2) is 4.79 Å². The molecule has 0 aliphatic heterocycles. The summed E-state index contributed by atoms with van der Waals surface area (Å²) < 4.78 is 5.17. The highest BCUT2D eigenvalue weighted by molar-refractivity contribution is 5.67. The second kappa shape index (κ2) is 8.52. The number of ether oxygens (including phenoxy) is 1. The lowest BCUT2D eigenvalue weighted by Gasteiger charge is -2.20. The number of hydrogen-bond donors (Lipinski definition) is 2. The first kappa shape index (κ1) is 17.3. The van der Waals surface area contributed by atoms with Crippen LogP contribution in [0.1, 0.15) is 27.2 Å².